The van der Waals surface area contributed by atoms with Crippen LogP contribution in [-0.4, -0.2) is 24.2 Å². The molecule has 0 unspecified atom stereocenters. The first kappa shape index (κ1) is 19.1. The van der Waals surface area contributed by atoms with Crippen LogP contribution in [0.4, 0.5) is 0 Å². The van der Waals surface area contributed by atoms with Crippen molar-refractivity contribution in [2.75, 3.05) is 7.11 Å². The van der Waals surface area contributed by atoms with E-state index in [4.69, 9.17) is 9.84 Å². The van der Waals surface area contributed by atoms with Crippen LogP contribution in [0.2, 0.25) is 0 Å². The number of carboxylic acid groups (broad SMARTS) is 1. The van der Waals surface area contributed by atoms with Crippen molar-refractivity contribution in [1.82, 2.24) is 0 Å². The van der Waals surface area contributed by atoms with Gasteiger partial charge in [0.15, 0.2) is 0 Å². The first-order chi connectivity index (χ1) is 13.5. The van der Waals surface area contributed by atoms with Gasteiger partial charge in [0.1, 0.15) is 0 Å². The number of hydrogen-bond donors (Lipinski definition) is 1. The Morgan fingerprint density at radius 1 is 0.750 bits per heavy atom. The predicted molar refractivity (Wildman–Crippen MR) is 109 cm³/mol. The van der Waals surface area contributed by atoms with Gasteiger partial charge in [0.2, 0.25) is 0 Å². The molecule has 0 amide bonds. The number of ether oxygens (including phenoxy) is 1. The maximum absolute atomic E-state index is 11.7. The second-order valence-electron chi connectivity index (χ2n) is 6.42. The third kappa shape index (κ3) is 4.35. The fraction of sp³-hybridized carbons (Fsp3) is 0.0833. The number of carbonyl (C=O) groups is 2. The molecule has 0 spiro atoms. The molecule has 0 saturated heterocycles. The van der Waals surface area contributed by atoms with Crippen molar-refractivity contribution in [3.05, 3.63) is 106 Å². The third-order valence-electron chi connectivity index (χ3n) is 4.45. The van der Waals surface area contributed by atoms with E-state index in [1.165, 1.54) is 12.7 Å². The molecule has 0 saturated carbocycles. The lowest BCUT2D eigenvalue weighted by atomic mass is 9.94. The Hall–Kier alpha value is -3.66. The van der Waals surface area contributed by atoms with Crippen LogP contribution in [0.1, 0.15) is 43.0 Å². The van der Waals surface area contributed by atoms with Crippen LogP contribution in [0.15, 0.2) is 72.8 Å². The molecular weight excluding hydrogens is 352 g/mol. The molecule has 0 bridgehead atoms. The second kappa shape index (κ2) is 8.35. The molecule has 0 aliphatic rings. The molecule has 0 aliphatic heterocycles. The summed E-state index contributed by atoms with van der Waals surface area (Å²) < 4.78 is 4.75. The van der Waals surface area contributed by atoms with Crippen molar-refractivity contribution in [3.8, 4) is 0 Å². The summed E-state index contributed by atoms with van der Waals surface area (Å²) in [5.74, 6) is -1.35. The molecule has 4 nitrogen and oxygen atoms in total. The maximum atomic E-state index is 11.7. The Bertz CT molecular complexity index is 1010. The number of carbonyl (C=O) groups excluding carboxylic acids is 1. The SMILES string of the molecule is COC(=O)c1ccc(C(=Cc2ccc(C)cc2)c2ccc(C(=O)O)cc2)cc1. The molecule has 0 heterocycles. The van der Waals surface area contributed by atoms with Crippen molar-refractivity contribution in [3.63, 3.8) is 0 Å². The van der Waals surface area contributed by atoms with Gasteiger partial charge in [-0.05, 0) is 59.5 Å². The molecule has 28 heavy (non-hydrogen) atoms. The first-order valence-corrected chi connectivity index (χ1v) is 8.79. The van der Waals surface area contributed by atoms with E-state index in [0.29, 0.717) is 5.56 Å². The van der Waals surface area contributed by atoms with Crippen molar-refractivity contribution in [2.24, 2.45) is 0 Å². The van der Waals surface area contributed by atoms with E-state index in [1.807, 2.05) is 49.4 Å². The van der Waals surface area contributed by atoms with Crippen LogP contribution in [-0.2, 0) is 4.74 Å². The van der Waals surface area contributed by atoms with Crippen LogP contribution in [0.25, 0.3) is 11.6 Å². The number of rotatable bonds is 5. The predicted octanol–water partition coefficient (Wildman–Crippen LogP) is 5.07. The molecule has 0 fully saturated rings. The Morgan fingerprint density at radius 2 is 1.21 bits per heavy atom. The normalized spacial score (nSPS) is 11.1. The van der Waals surface area contributed by atoms with Crippen LogP contribution >= 0.6 is 0 Å². The van der Waals surface area contributed by atoms with Gasteiger partial charge in [-0.3, -0.25) is 0 Å². The van der Waals surface area contributed by atoms with Gasteiger partial charge in [0.05, 0.1) is 18.2 Å². The minimum atomic E-state index is -0.960. The molecule has 0 radical (unpaired) electrons. The third-order valence-corrected chi connectivity index (χ3v) is 4.45. The monoisotopic (exact) mass is 372 g/mol. The van der Waals surface area contributed by atoms with E-state index in [2.05, 4.69) is 0 Å². The fourth-order valence-corrected chi connectivity index (χ4v) is 2.86. The highest BCUT2D eigenvalue weighted by atomic mass is 16.5. The van der Waals surface area contributed by atoms with Gasteiger partial charge in [0, 0.05) is 0 Å². The zero-order chi connectivity index (χ0) is 20.1. The van der Waals surface area contributed by atoms with Crippen molar-refractivity contribution in [2.45, 2.75) is 6.92 Å². The standard InChI is InChI=1S/C24H20O4/c1-16-3-5-17(6-4-16)15-22(18-7-11-20(12-8-18)23(25)26)19-9-13-21(14-10-19)24(27)28-2/h3-15H,1-2H3,(H,25,26). The average molecular weight is 372 g/mol. The van der Waals surface area contributed by atoms with Gasteiger partial charge in [-0.15, -0.1) is 0 Å². The first-order valence-electron chi connectivity index (χ1n) is 8.79. The van der Waals surface area contributed by atoms with E-state index in [1.54, 1.807) is 36.4 Å². The summed E-state index contributed by atoms with van der Waals surface area (Å²) in [6.07, 6.45) is 2.04. The Balaban J connectivity index is 2.07. The summed E-state index contributed by atoms with van der Waals surface area (Å²) in [7, 11) is 1.35. The van der Waals surface area contributed by atoms with E-state index in [9.17, 15) is 9.59 Å². The molecule has 4 heteroatoms. The minimum Gasteiger partial charge on any atom is -0.478 e. The van der Waals surface area contributed by atoms with E-state index < -0.39 is 5.97 Å². The molecule has 3 aromatic carbocycles. The quantitative estimate of drug-likeness (QED) is 0.502. The summed E-state index contributed by atoms with van der Waals surface area (Å²) in [5, 5.41) is 9.14. The maximum Gasteiger partial charge on any atom is 0.337 e. The summed E-state index contributed by atoms with van der Waals surface area (Å²) in [5.41, 5.74) is 5.64. The lowest BCUT2D eigenvalue weighted by molar-refractivity contribution is 0.0599. The molecule has 1 N–H and O–H groups in total. The second-order valence-corrected chi connectivity index (χ2v) is 6.42. The zero-order valence-electron chi connectivity index (χ0n) is 15.7. The minimum absolute atomic E-state index is 0.236. The summed E-state index contributed by atoms with van der Waals surface area (Å²) >= 11 is 0. The topological polar surface area (TPSA) is 63.6 Å². The largest absolute Gasteiger partial charge is 0.478 e. The van der Waals surface area contributed by atoms with Gasteiger partial charge in [-0.1, -0.05) is 54.1 Å². The molecule has 0 aromatic heterocycles. The Morgan fingerprint density at radius 3 is 1.68 bits per heavy atom. The molecule has 140 valence electrons. The van der Waals surface area contributed by atoms with Gasteiger partial charge in [-0.25, -0.2) is 9.59 Å². The highest BCUT2D eigenvalue weighted by Crippen LogP contribution is 2.27. The highest BCUT2D eigenvalue weighted by molar-refractivity contribution is 5.95. The van der Waals surface area contributed by atoms with Crippen LogP contribution in [0, 0.1) is 6.92 Å². The summed E-state index contributed by atoms with van der Waals surface area (Å²) in [6, 6.07) is 22.0. The van der Waals surface area contributed by atoms with Gasteiger partial charge >= 0.3 is 11.9 Å². The number of benzene rings is 3. The van der Waals surface area contributed by atoms with E-state index in [0.717, 1.165) is 22.3 Å². The molecule has 3 aromatic rings. The number of carboxylic acids is 1. The lowest BCUT2D eigenvalue weighted by Gasteiger charge is -2.11. The Kier molecular flexibility index (Phi) is 5.70. The van der Waals surface area contributed by atoms with Crippen molar-refractivity contribution < 1.29 is 19.4 Å². The fourth-order valence-electron chi connectivity index (χ4n) is 2.86. The smallest absolute Gasteiger partial charge is 0.337 e. The number of esters is 1. The van der Waals surface area contributed by atoms with E-state index in [-0.39, 0.29) is 11.5 Å². The van der Waals surface area contributed by atoms with E-state index >= 15 is 0 Å². The summed E-state index contributed by atoms with van der Waals surface area (Å²) in [4.78, 5) is 22.8. The van der Waals surface area contributed by atoms with Crippen molar-refractivity contribution >= 4 is 23.6 Å². The number of aromatic carboxylic acids is 1. The molecule has 0 atom stereocenters. The number of hydrogen-bond acceptors (Lipinski definition) is 3. The lowest BCUT2D eigenvalue weighted by Crippen LogP contribution is -2.01. The van der Waals surface area contributed by atoms with Gasteiger partial charge in [0.25, 0.3) is 0 Å². The summed E-state index contributed by atoms with van der Waals surface area (Å²) in [6.45, 7) is 2.03. The van der Waals surface area contributed by atoms with Crippen LogP contribution < -0.4 is 0 Å². The number of methoxy groups -OCH3 is 1. The highest BCUT2D eigenvalue weighted by Gasteiger charge is 2.10. The Labute approximate surface area is 163 Å². The van der Waals surface area contributed by atoms with Crippen LogP contribution in [0.3, 0.4) is 0 Å². The number of aryl methyl sites for hydroxylation is 1. The van der Waals surface area contributed by atoms with Crippen molar-refractivity contribution in [1.29, 1.82) is 0 Å². The average Bonchev–Trinajstić information content (AvgIpc) is 2.73. The molecule has 0 aliphatic carbocycles. The van der Waals surface area contributed by atoms with Gasteiger partial charge < -0.3 is 9.84 Å². The van der Waals surface area contributed by atoms with Crippen LogP contribution in [0.5, 0.6) is 0 Å². The zero-order valence-corrected chi connectivity index (χ0v) is 15.7. The van der Waals surface area contributed by atoms with Gasteiger partial charge in [-0.2, -0.15) is 0 Å². The molecule has 3 rings (SSSR count). The molecular formula is C24H20O4.